The SMILES string of the molecule is CC(C)(C)OC(=O)c1cc(O[C@H]2CC[C@H](NC(=O)Nc3ccc(Cl)c(C(F)(F)F)c3)CC2)ccn1. The van der Waals surface area contributed by atoms with Crippen LogP contribution in [0.25, 0.3) is 0 Å². The van der Waals surface area contributed by atoms with Crippen LogP contribution in [-0.2, 0) is 10.9 Å². The number of esters is 1. The van der Waals surface area contributed by atoms with E-state index >= 15 is 0 Å². The van der Waals surface area contributed by atoms with Crippen molar-refractivity contribution in [2.45, 2.75) is 70.4 Å². The maximum absolute atomic E-state index is 13.0. The average molecular weight is 514 g/mol. The predicted molar refractivity (Wildman–Crippen MR) is 125 cm³/mol. The third-order valence-corrected chi connectivity index (χ3v) is 5.51. The van der Waals surface area contributed by atoms with Gasteiger partial charge in [0.1, 0.15) is 11.4 Å². The van der Waals surface area contributed by atoms with Crippen LogP contribution >= 0.6 is 11.6 Å². The van der Waals surface area contributed by atoms with Crippen molar-refractivity contribution in [2.24, 2.45) is 0 Å². The predicted octanol–water partition coefficient (Wildman–Crippen LogP) is 6.22. The zero-order chi connectivity index (χ0) is 25.8. The van der Waals surface area contributed by atoms with E-state index in [0.29, 0.717) is 31.4 Å². The van der Waals surface area contributed by atoms with Crippen LogP contribution in [0.5, 0.6) is 5.75 Å². The van der Waals surface area contributed by atoms with Crippen molar-refractivity contribution < 1.29 is 32.2 Å². The molecular formula is C24H27ClF3N3O4. The van der Waals surface area contributed by atoms with Crippen molar-refractivity contribution in [2.75, 3.05) is 5.32 Å². The number of hydrogen-bond acceptors (Lipinski definition) is 5. The molecule has 0 aliphatic heterocycles. The number of ether oxygens (including phenoxy) is 2. The summed E-state index contributed by atoms with van der Waals surface area (Å²) in [5, 5.41) is 4.77. The Bertz CT molecular complexity index is 1060. The molecule has 2 N–H and O–H groups in total. The Labute approximate surface area is 206 Å². The standard InChI is InChI=1S/C24H27ClF3N3O4/c1-23(2,3)35-21(32)20-13-17(10-11-29-20)34-16-7-4-14(5-8-16)30-22(33)31-15-6-9-19(25)18(12-15)24(26,27)28/h6,9-14,16H,4-5,7-8H2,1-3H3,(H2,30,31,33)/t14-,16-. The second kappa shape index (κ2) is 10.7. The summed E-state index contributed by atoms with van der Waals surface area (Å²) in [6, 6.07) is 5.64. The molecule has 2 amide bonds. The second-order valence-corrected chi connectivity index (χ2v) is 9.67. The van der Waals surface area contributed by atoms with Crippen molar-refractivity contribution in [3.05, 3.63) is 52.8 Å². The smallest absolute Gasteiger partial charge is 0.417 e. The molecule has 1 aromatic heterocycles. The van der Waals surface area contributed by atoms with Crippen LogP contribution in [-0.4, -0.2) is 34.7 Å². The number of rotatable bonds is 5. The Morgan fingerprint density at radius 3 is 2.37 bits per heavy atom. The molecule has 0 unspecified atom stereocenters. The summed E-state index contributed by atoms with van der Waals surface area (Å²) in [6.45, 7) is 5.31. The van der Waals surface area contributed by atoms with E-state index < -0.39 is 34.4 Å². The van der Waals surface area contributed by atoms with E-state index in [4.69, 9.17) is 21.1 Å². The maximum Gasteiger partial charge on any atom is 0.417 e. The number of aromatic nitrogens is 1. The highest BCUT2D eigenvalue weighted by Gasteiger charge is 2.33. The van der Waals surface area contributed by atoms with Crippen LogP contribution in [0.15, 0.2) is 36.5 Å². The second-order valence-electron chi connectivity index (χ2n) is 9.26. The number of nitrogens with zero attached hydrogens (tertiary/aromatic N) is 1. The molecule has 0 spiro atoms. The first-order valence-electron chi connectivity index (χ1n) is 11.1. The maximum atomic E-state index is 13.0. The molecule has 7 nitrogen and oxygen atoms in total. The van der Waals surface area contributed by atoms with Gasteiger partial charge in [-0.05, 0) is 70.7 Å². The van der Waals surface area contributed by atoms with Gasteiger partial charge in [-0.1, -0.05) is 11.6 Å². The normalized spacial score (nSPS) is 18.5. The van der Waals surface area contributed by atoms with Gasteiger partial charge in [-0.25, -0.2) is 14.6 Å². The quantitative estimate of drug-likeness (QED) is 0.463. The van der Waals surface area contributed by atoms with Gasteiger partial charge in [0.15, 0.2) is 5.69 Å². The molecule has 0 saturated heterocycles. The fourth-order valence-electron chi connectivity index (χ4n) is 3.62. The molecule has 190 valence electrons. The largest absolute Gasteiger partial charge is 0.490 e. The summed E-state index contributed by atoms with van der Waals surface area (Å²) in [5.41, 5.74) is -1.50. The number of alkyl halides is 3. The van der Waals surface area contributed by atoms with Crippen LogP contribution in [0.1, 0.15) is 62.5 Å². The summed E-state index contributed by atoms with van der Waals surface area (Å²) in [6.07, 6.45) is -0.718. The third-order valence-electron chi connectivity index (χ3n) is 5.18. The summed E-state index contributed by atoms with van der Waals surface area (Å²) in [4.78, 5) is 28.5. The topological polar surface area (TPSA) is 89.5 Å². The Kier molecular flexibility index (Phi) is 8.15. The highest BCUT2D eigenvalue weighted by atomic mass is 35.5. The summed E-state index contributed by atoms with van der Waals surface area (Å²) < 4.78 is 50.3. The average Bonchev–Trinajstić information content (AvgIpc) is 2.75. The van der Waals surface area contributed by atoms with Gasteiger partial charge in [0.2, 0.25) is 0 Å². The van der Waals surface area contributed by atoms with Gasteiger partial charge in [-0.3, -0.25) is 0 Å². The van der Waals surface area contributed by atoms with Gasteiger partial charge in [0.05, 0.1) is 16.7 Å². The van der Waals surface area contributed by atoms with Gasteiger partial charge in [-0.2, -0.15) is 13.2 Å². The molecule has 11 heteroatoms. The molecule has 1 aliphatic rings. The van der Waals surface area contributed by atoms with Gasteiger partial charge in [0.25, 0.3) is 0 Å². The van der Waals surface area contributed by atoms with Gasteiger partial charge < -0.3 is 20.1 Å². The fraction of sp³-hybridized carbons (Fsp3) is 0.458. The van der Waals surface area contributed by atoms with E-state index in [2.05, 4.69) is 15.6 Å². The number of nitrogens with one attached hydrogen (secondary N) is 2. The first kappa shape index (κ1) is 26.6. The first-order chi connectivity index (χ1) is 16.3. The molecular weight excluding hydrogens is 487 g/mol. The number of benzene rings is 1. The molecule has 0 atom stereocenters. The molecule has 0 radical (unpaired) electrons. The number of carbonyl (C=O) groups excluding carboxylic acids is 2. The lowest BCUT2D eigenvalue weighted by Crippen LogP contribution is -2.41. The highest BCUT2D eigenvalue weighted by Crippen LogP contribution is 2.36. The van der Waals surface area contributed by atoms with Gasteiger partial charge in [0, 0.05) is 24.0 Å². The summed E-state index contributed by atoms with van der Waals surface area (Å²) >= 11 is 5.61. The van der Waals surface area contributed by atoms with Crippen molar-refractivity contribution in [1.82, 2.24) is 10.3 Å². The van der Waals surface area contributed by atoms with Gasteiger partial charge in [-0.15, -0.1) is 0 Å². The van der Waals surface area contributed by atoms with E-state index in [9.17, 15) is 22.8 Å². The molecule has 1 aliphatic carbocycles. The number of urea groups is 1. The van der Waals surface area contributed by atoms with E-state index in [-0.39, 0.29) is 23.5 Å². The number of anilines is 1. The molecule has 2 aromatic rings. The highest BCUT2D eigenvalue weighted by molar-refractivity contribution is 6.31. The Balaban J connectivity index is 1.49. The first-order valence-corrected chi connectivity index (χ1v) is 11.5. The molecule has 1 heterocycles. The number of amides is 2. The van der Waals surface area contributed by atoms with Crippen molar-refractivity contribution in [3.8, 4) is 5.75 Å². The van der Waals surface area contributed by atoms with Crippen molar-refractivity contribution in [1.29, 1.82) is 0 Å². The monoisotopic (exact) mass is 513 g/mol. The lowest BCUT2D eigenvalue weighted by molar-refractivity contribution is -0.137. The van der Waals surface area contributed by atoms with Crippen molar-refractivity contribution in [3.63, 3.8) is 0 Å². The number of hydrogen-bond donors (Lipinski definition) is 2. The zero-order valence-electron chi connectivity index (χ0n) is 19.5. The Morgan fingerprint density at radius 1 is 1.06 bits per heavy atom. The van der Waals surface area contributed by atoms with Crippen LogP contribution in [0.3, 0.4) is 0 Å². The minimum Gasteiger partial charge on any atom is -0.490 e. The van der Waals surface area contributed by atoms with E-state index in [0.717, 1.165) is 12.1 Å². The molecule has 1 saturated carbocycles. The van der Waals surface area contributed by atoms with Gasteiger partial charge >= 0.3 is 18.2 Å². The third kappa shape index (κ3) is 8.02. The summed E-state index contributed by atoms with van der Waals surface area (Å²) in [5.74, 6) is -0.0388. The lowest BCUT2D eigenvalue weighted by atomic mass is 9.93. The molecule has 1 aromatic carbocycles. The van der Waals surface area contributed by atoms with E-state index in [1.54, 1.807) is 26.8 Å². The minimum absolute atomic E-state index is 0.00489. The molecule has 0 bridgehead atoms. The van der Waals surface area contributed by atoms with E-state index in [1.165, 1.54) is 18.3 Å². The summed E-state index contributed by atoms with van der Waals surface area (Å²) in [7, 11) is 0. The number of pyridine rings is 1. The molecule has 3 rings (SSSR count). The van der Waals surface area contributed by atoms with Crippen LogP contribution in [0, 0.1) is 0 Å². The van der Waals surface area contributed by atoms with Crippen LogP contribution < -0.4 is 15.4 Å². The fourth-order valence-corrected chi connectivity index (χ4v) is 3.84. The Morgan fingerprint density at radius 2 is 1.74 bits per heavy atom. The zero-order valence-corrected chi connectivity index (χ0v) is 20.3. The van der Waals surface area contributed by atoms with Crippen LogP contribution in [0.4, 0.5) is 23.7 Å². The minimum atomic E-state index is -4.62. The Hall–Kier alpha value is -3.01. The number of halogens is 4. The molecule has 35 heavy (non-hydrogen) atoms. The van der Waals surface area contributed by atoms with Crippen molar-refractivity contribution >= 4 is 29.3 Å². The lowest BCUT2D eigenvalue weighted by Gasteiger charge is -2.29. The molecule has 1 fully saturated rings. The van der Waals surface area contributed by atoms with E-state index in [1.807, 2.05) is 0 Å². The number of carbonyl (C=O) groups is 2. The van der Waals surface area contributed by atoms with Crippen LogP contribution in [0.2, 0.25) is 5.02 Å².